The van der Waals surface area contributed by atoms with Gasteiger partial charge in [0, 0.05) is 23.6 Å². The first kappa shape index (κ1) is 14.1. The number of nitrogens with zero attached hydrogens (tertiary/aromatic N) is 1. The van der Waals surface area contributed by atoms with Crippen molar-refractivity contribution in [1.82, 2.24) is 4.57 Å². The van der Waals surface area contributed by atoms with Gasteiger partial charge in [-0.05, 0) is 32.0 Å². The van der Waals surface area contributed by atoms with Crippen LogP contribution < -0.4 is 0 Å². The van der Waals surface area contributed by atoms with Crippen molar-refractivity contribution in [3.05, 3.63) is 36.0 Å². The summed E-state index contributed by atoms with van der Waals surface area (Å²) in [5, 5.41) is 9.83. The molecule has 106 valence electrons. The number of hydrogen-bond donors (Lipinski definition) is 1. The topological polar surface area (TPSA) is 68.5 Å². The van der Waals surface area contributed by atoms with Crippen LogP contribution in [0.2, 0.25) is 0 Å². The maximum absolute atomic E-state index is 11.7. The fourth-order valence-corrected chi connectivity index (χ4v) is 2.31. The van der Waals surface area contributed by atoms with Gasteiger partial charge in [0.1, 0.15) is 0 Å². The van der Waals surface area contributed by atoms with Crippen molar-refractivity contribution in [2.45, 2.75) is 20.4 Å². The van der Waals surface area contributed by atoms with E-state index in [2.05, 4.69) is 0 Å². The monoisotopic (exact) mass is 275 g/mol. The van der Waals surface area contributed by atoms with E-state index in [4.69, 9.17) is 9.84 Å². The van der Waals surface area contributed by atoms with E-state index < -0.39 is 11.4 Å². The summed E-state index contributed by atoms with van der Waals surface area (Å²) >= 11 is 0. The molecule has 1 aromatic heterocycles. The van der Waals surface area contributed by atoms with E-state index in [1.54, 1.807) is 38.2 Å². The molecule has 2 aromatic rings. The lowest BCUT2D eigenvalue weighted by Crippen LogP contribution is -2.30. The van der Waals surface area contributed by atoms with E-state index >= 15 is 0 Å². The van der Waals surface area contributed by atoms with Gasteiger partial charge in [-0.15, -0.1) is 0 Å². The van der Waals surface area contributed by atoms with E-state index in [0.717, 1.165) is 5.52 Å². The zero-order valence-electron chi connectivity index (χ0n) is 11.7. The van der Waals surface area contributed by atoms with Crippen LogP contribution in [-0.2, 0) is 16.1 Å². The Morgan fingerprint density at radius 1 is 1.30 bits per heavy atom. The number of rotatable bonds is 4. The fraction of sp³-hybridized carbons (Fsp3) is 0.333. The number of aromatic nitrogens is 1. The minimum atomic E-state index is -0.958. The molecule has 0 amide bonds. The average molecular weight is 275 g/mol. The average Bonchev–Trinajstić information content (AvgIpc) is 2.80. The zero-order chi connectivity index (χ0) is 14.9. The maximum atomic E-state index is 11.7. The molecule has 2 rings (SSSR count). The molecule has 0 aliphatic heterocycles. The third kappa shape index (κ3) is 2.39. The Morgan fingerprint density at radius 2 is 2.00 bits per heavy atom. The van der Waals surface area contributed by atoms with Crippen LogP contribution in [0.15, 0.2) is 30.5 Å². The Labute approximate surface area is 116 Å². The van der Waals surface area contributed by atoms with Crippen molar-refractivity contribution in [3.63, 3.8) is 0 Å². The summed E-state index contributed by atoms with van der Waals surface area (Å²) in [5.41, 5.74) is 0.374. The SMILES string of the molecule is COC(=O)C(C)(C)Cn1ccc2c(C(=O)O)cccc21. The van der Waals surface area contributed by atoms with Gasteiger partial charge in [-0.1, -0.05) is 6.07 Å². The molecule has 5 heteroatoms. The number of hydrogen-bond acceptors (Lipinski definition) is 3. The predicted molar refractivity (Wildman–Crippen MR) is 74.7 cm³/mol. The Hall–Kier alpha value is -2.30. The number of esters is 1. The zero-order valence-corrected chi connectivity index (χ0v) is 11.7. The normalized spacial score (nSPS) is 11.6. The summed E-state index contributed by atoms with van der Waals surface area (Å²) in [5.74, 6) is -1.26. The largest absolute Gasteiger partial charge is 0.478 e. The minimum Gasteiger partial charge on any atom is -0.478 e. The van der Waals surface area contributed by atoms with E-state index in [1.165, 1.54) is 7.11 Å². The van der Waals surface area contributed by atoms with Gasteiger partial charge in [-0.2, -0.15) is 0 Å². The Balaban J connectivity index is 2.45. The molecule has 1 aromatic carbocycles. The van der Waals surface area contributed by atoms with Gasteiger partial charge >= 0.3 is 11.9 Å². The molecule has 20 heavy (non-hydrogen) atoms. The number of carbonyl (C=O) groups is 2. The number of fused-ring (bicyclic) bond motifs is 1. The van der Waals surface area contributed by atoms with Crippen molar-refractivity contribution in [2.24, 2.45) is 5.41 Å². The van der Waals surface area contributed by atoms with Gasteiger partial charge in [0.2, 0.25) is 0 Å². The highest BCUT2D eigenvalue weighted by Gasteiger charge is 2.29. The summed E-state index contributed by atoms with van der Waals surface area (Å²) in [6.45, 7) is 4.02. The molecular weight excluding hydrogens is 258 g/mol. The molecule has 0 aliphatic carbocycles. The summed E-state index contributed by atoms with van der Waals surface area (Å²) in [6.07, 6.45) is 1.79. The highest BCUT2D eigenvalue weighted by Crippen LogP contribution is 2.26. The summed E-state index contributed by atoms with van der Waals surface area (Å²) in [4.78, 5) is 22.9. The van der Waals surface area contributed by atoms with Crippen LogP contribution in [0.3, 0.4) is 0 Å². The van der Waals surface area contributed by atoms with Gasteiger partial charge in [-0.3, -0.25) is 4.79 Å². The van der Waals surface area contributed by atoms with E-state index in [-0.39, 0.29) is 11.5 Å². The number of carbonyl (C=O) groups excluding carboxylic acids is 1. The quantitative estimate of drug-likeness (QED) is 0.871. The fourth-order valence-electron chi connectivity index (χ4n) is 2.31. The molecule has 0 spiro atoms. The lowest BCUT2D eigenvalue weighted by Gasteiger charge is -2.22. The van der Waals surface area contributed by atoms with Crippen LogP contribution in [0.25, 0.3) is 10.9 Å². The molecule has 0 aliphatic rings. The van der Waals surface area contributed by atoms with Crippen LogP contribution >= 0.6 is 0 Å². The van der Waals surface area contributed by atoms with Gasteiger partial charge < -0.3 is 14.4 Å². The second-order valence-corrected chi connectivity index (χ2v) is 5.36. The first-order valence-electron chi connectivity index (χ1n) is 6.26. The second kappa shape index (κ2) is 5.00. The summed E-state index contributed by atoms with van der Waals surface area (Å²) < 4.78 is 6.67. The van der Waals surface area contributed by atoms with Crippen LogP contribution in [-0.4, -0.2) is 28.7 Å². The highest BCUT2D eigenvalue weighted by molar-refractivity contribution is 6.03. The number of ether oxygens (including phenoxy) is 1. The molecule has 0 unspecified atom stereocenters. The number of carboxylic acid groups (broad SMARTS) is 1. The Kier molecular flexibility index (Phi) is 3.53. The summed E-state index contributed by atoms with van der Waals surface area (Å²) in [7, 11) is 1.36. The number of aromatic carboxylic acids is 1. The van der Waals surface area contributed by atoms with Crippen molar-refractivity contribution in [1.29, 1.82) is 0 Å². The third-order valence-electron chi connectivity index (χ3n) is 3.35. The standard InChI is InChI=1S/C15H17NO4/c1-15(2,14(19)20-3)9-16-8-7-10-11(13(17)18)5-4-6-12(10)16/h4-8H,9H2,1-3H3,(H,17,18). The molecule has 0 saturated carbocycles. The summed E-state index contributed by atoms with van der Waals surface area (Å²) in [6, 6.07) is 6.87. The van der Waals surface area contributed by atoms with Gasteiger partial charge in [0.25, 0.3) is 0 Å². The lowest BCUT2D eigenvalue weighted by molar-refractivity contribution is -0.151. The highest BCUT2D eigenvalue weighted by atomic mass is 16.5. The smallest absolute Gasteiger partial charge is 0.336 e. The Bertz CT molecular complexity index is 670. The van der Waals surface area contributed by atoms with Crippen LogP contribution in [0.4, 0.5) is 0 Å². The lowest BCUT2D eigenvalue weighted by atomic mass is 9.93. The molecule has 0 radical (unpaired) electrons. The molecule has 0 atom stereocenters. The van der Waals surface area contributed by atoms with Crippen molar-refractivity contribution in [2.75, 3.05) is 7.11 Å². The second-order valence-electron chi connectivity index (χ2n) is 5.36. The van der Waals surface area contributed by atoms with Crippen molar-refractivity contribution in [3.8, 4) is 0 Å². The molecule has 5 nitrogen and oxygen atoms in total. The molecular formula is C15H17NO4. The molecule has 0 fully saturated rings. The van der Waals surface area contributed by atoms with E-state index in [9.17, 15) is 9.59 Å². The molecule has 0 bridgehead atoms. The van der Waals surface area contributed by atoms with E-state index in [1.807, 2.05) is 10.6 Å². The number of benzene rings is 1. The van der Waals surface area contributed by atoms with Gasteiger partial charge in [-0.25, -0.2) is 4.79 Å². The predicted octanol–water partition coefficient (Wildman–Crippen LogP) is 2.54. The first-order chi connectivity index (χ1) is 9.36. The first-order valence-corrected chi connectivity index (χ1v) is 6.26. The van der Waals surface area contributed by atoms with Gasteiger partial charge in [0.15, 0.2) is 0 Å². The molecule has 1 N–H and O–H groups in total. The van der Waals surface area contributed by atoms with Crippen molar-refractivity contribution < 1.29 is 19.4 Å². The van der Waals surface area contributed by atoms with Crippen LogP contribution in [0.5, 0.6) is 0 Å². The van der Waals surface area contributed by atoms with E-state index in [0.29, 0.717) is 11.9 Å². The molecule has 1 heterocycles. The van der Waals surface area contributed by atoms with Crippen LogP contribution in [0.1, 0.15) is 24.2 Å². The van der Waals surface area contributed by atoms with Gasteiger partial charge in [0.05, 0.1) is 18.1 Å². The number of carboxylic acids is 1. The number of methoxy groups -OCH3 is 1. The Morgan fingerprint density at radius 3 is 2.60 bits per heavy atom. The molecule has 0 saturated heterocycles. The van der Waals surface area contributed by atoms with Crippen molar-refractivity contribution >= 4 is 22.8 Å². The maximum Gasteiger partial charge on any atom is 0.336 e. The third-order valence-corrected chi connectivity index (χ3v) is 3.35. The minimum absolute atomic E-state index is 0.261. The van der Waals surface area contributed by atoms with Crippen LogP contribution in [0, 0.1) is 5.41 Å².